The summed E-state index contributed by atoms with van der Waals surface area (Å²) in [4.78, 5) is 64.6. The van der Waals surface area contributed by atoms with Crippen LogP contribution in [0, 0.1) is 0 Å². The fourth-order valence-electron chi connectivity index (χ4n) is 4.28. The van der Waals surface area contributed by atoms with Gasteiger partial charge in [-0.1, -0.05) is 47.2 Å². The molecular weight excluding hydrogens is 649 g/mol. The number of nitrogens with one attached hydrogen (secondary N) is 1. The number of rotatable bonds is 13. The minimum atomic E-state index is -1.31. The summed E-state index contributed by atoms with van der Waals surface area (Å²) in [6.07, 6.45) is 0. The van der Waals surface area contributed by atoms with E-state index in [0.29, 0.717) is 5.57 Å². The number of nitrogens with two attached hydrogens (primary N) is 1. The smallest absolute Gasteiger partial charge is 0.352 e. The number of hydrogen-bond donors (Lipinski definition) is 4. The zero-order valence-electron chi connectivity index (χ0n) is 23.3. The summed E-state index contributed by atoms with van der Waals surface area (Å²) in [5.74, 6) is -3.54. The van der Waals surface area contributed by atoms with Crippen LogP contribution in [0.15, 0.2) is 62.3 Å². The molecule has 45 heavy (non-hydrogen) atoms. The van der Waals surface area contributed by atoms with Crippen molar-refractivity contribution >= 4 is 75.2 Å². The van der Waals surface area contributed by atoms with E-state index in [-0.39, 0.29) is 57.8 Å². The van der Waals surface area contributed by atoms with E-state index in [0.717, 1.165) is 33.6 Å². The Morgan fingerprint density at radius 2 is 2.02 bits per heavy atom. The van der Waals surface area contributed by atoms with Crippen molar-refractivity contribution in [2.75, 3.05) is 24.3 Å². The van der Waals surface area contributed by atoms with E-state index >= 15 is 0 Å². The van der Waals surface area contributed by atoms with E-state index in [1.54, 1.807) is 0 Å². The van der Waals surface area contributed by atoms with Gasteiger partial charge >= 0.3 is 11.9 Å². The van der Waals surface area contributed by atoms with Gasteiger partial charge in [0.25, 0.3) is 11.8 Å². The van der Waals surface area contributed by atoms with Crippen LogP contribution in [0.2, 0.25) is 0 Å². The Hall–Kier alpha value is -4.82. The highest BCUT2D eigenvalue weighted by molar-refractivity contribution is 8.01. The molecule has 2 aliphatic heterocycles. The molecule has 234 valence electrons. The van der Waals surface area contributed by atoms with Crippen molar-refractivity contribution in [1.82, 2.24) is 35.4 Å². The molecule has 1 aromatic carbocycles. The Morgan fingerprint density at radius 1 is 1.24 bits per heavy atom. The van der Waals surface area contributed by atoms with Gasteiger partial charge in [-0.05, 0) is 21.6 Å². The third-order valence-electron chi connectivity index (χ3n) is 6.44. The first-order valence-corrected chi connectivity index (χ1v) is 15.8. The first-order valence-electron chi connectivity index (χ1n) is 12.9. The average molecular weight is 673 g/mol. The number of nitrogen functional groups attached to an aromatic ring is 1. The lowest BCUT2D eigenvalue weighted by atomic mass is 10.0. The number of tetrazole rings is 1. The number of hydrogen-bond acceptors (Lipinski definition) is 15. The molecule has 0 radical (unpaired) electrons. The van der Waals surface area contributed by atoms with Gasteiger partial charge < -0.3 is 26.1 Å². The van der Waals surface area contributed by atoms with Crippen molar-refractivity contribution in [3.05, 3.63) is 58.2 Å². The Kier molecular flexibility index (Phi) is 9.74. The van der Waals surface area contributed by atoms with Gasteiger partial charge in [0.05, 0.1) is 6.54 Å². The van der Waals surface area contributed by atoms with Crippen molar-refractivity contribution in [3.63, 3.8) is 0 Å². The van der Waals surface area contributed by atoms with Crippen LogP contribution in [0.4, 0.5) is 5.13 Å². The van der Waals surface area contributed by atoms with Crippen LogP contribution in [0.3, 0.4) is 0 Å². The molecule has 20 heteroatoms. The molecule has 5 rings (SSSR count). The number of nitrogens with zero attached hydrogens (tertiary/aromatic N) is 8. The third kappa shape index (κ3) is 6.97. The standard InChI is InChI=1S/C25H24N10O7S3/c1-27-14(22(38)39)7-34-25(30-32-33-34)45-10-13-9-43-21-17(20(37)35(21)18(13)23(40)41)29-19(36)16(15-11-44-24(26)28-15)31-42-8-12-5-3-2-4-6-12/h2-6,11,17,21H,7-10H2,1H3,(H2,26,28)(H,29,36)(H,38,39)(H,40,41)/t17?,21-/m1/s1. The predicted molar refractivity (Wildman–Crippen MR) is 164 cm³/mol. The summed E-state index contributed by atoms with van der Waals surface area (Å²) in [6, 6.07) is 8.15. The molecule has 2 atom stereocenters. The Bertz CT molecular complexity index is 1720. The lowest BCUT2D eigenvalue weighted by molar-refractivity contribution is -0.150. The van der Waals surface area contributed by atoms with Gasteiger partial charge in [0.15, 0.2) is 10.8 Å². The number of aliphatic imine (C=N–C) groups is 1. The van der Waals surface area contributed by atoms with E-state index in [9.17, 15) is 29.4 Å². The lowest BCUT2D eigenvalue weighted by Crippen LogP contribution is -2.71. The second-order valence-electron chi connectivity index (χ2n) is 9.27. The van der Waals surface area contributed by atoms with E-state index in [1.807, 2.05) is 30.3 Å². The van der Waals surface area contributed by atoms with Crippen molar-refractivity contribution in [2.45, 2.75) is 29.7 Å². The molecule has 0 aliphatic carbocycles. The maximum atomic E-state index is 13.3. The molecule has 4 heterocycles. The monoisotopic (exact) mass is 672 g/mol. The highest BCUT2D eigenvalue weighted by atomic mass is 32.2. The van der Waals surface area contributed by atoms with Crippen molar-refractivity contribution in [2.24, 2.45) is 10.1 Å². The van der Waals surface area contributed by atoms with Crippen molar-refractivity contribution < 1.29 is 34.2 Å². The SMILES string of the molecule is CN=C(Cn1nnnc1SCC1=C(C(=O)O)N2C(=O)C(NC(=O)C(=NOCc3ccccc3)c3csc(N)n3)[C@H]2SC1)C(=O)O. The Balaban J connectivity index is 1.28. The van der Waals surface area contributed by atoms with Crippen LogP contribution >= 0.6 is 34.9 Å². The number of aromatic nitrogens is 5. The van der Waals surface area contributed by atoms with Crippen molar-refractivity contribution in [3.8, 4) is 0 Å². The van der Waals surface area contributed by atoms with Gasteiger partial charge in [0.2, 0.25) is 5.16 Å². The average Bonchev–Trinajstić information content (AvgIpc) is 3.67. The number of carbonyl (C=O) groups excluding carboxylic acids is 2. The molecule has 0 bridgehead atoms. The number of carboxylic acids is 2. The van der Waals surface area contributed by atoms with Crippen LogP contribution in [0.25, 0.3) is 0 Å². The number of benzene rings is 1. The molecule has 17 nitrogen and oxygen atoms in total. The number of carboxylic acid groups (broad SMARTS) is 2. The summed E-state index contributed by atoms with van der Waals surface area (Å²) < 4.78 is 1.24. The number of fused-ring (bicyclic) bond motifs is 1. The van der Waals surface area contributed by atoms with Crippen LogP contribution in [0.5, 0.6) is 0 Å². The number of thiazole rings is 1. The molecule has 1 unspecified atom stereocenters. The summed E-state index contributed by atoms with van der Waals surface area (Å²) in [5, 5.41) is 38.4. The topological polar surface area (TPSA) is 240 Å². The maximum Gasteiger partial charge on any atom is 0.352 e. The molecule has 0 saturated carbocycles. The van der Waals surface area contributed by atoms with Crippen LogP contribution in [-0.4, -0.2) is 105 Å². The highest BCUT2D eigenvalue weighted by Crippen LogP contribution is 2.41. The quantitative estimate of drug-likeness (QED) is 0.0828. The van der Waals surface area contributed by atoms with E-state index < -0.39 is 35.2 Å². The largest absolute Gasteiger partial charge is 0.477 e. The fourth-order valence-corrected chi connectivity index (χ4v) is 7.19. The number of thioether (sulfide) groups is 2. The van der Waals surface area contributed by atoms with Gasteiger partial charge in [-0.15, -0.1) is 28.2 Å². The van der Waals surface area contributed by atoms with Gasteiger partial charge in [0.1, 0.15) is 35.1 Å². The first-order chi connectivity index (χ1) is 21.7. The molecule has 2 aliphatic rings. The zero-order chi connectivity index (χ0) is 32.1. The summed E-state index contributed by atoms with van der Waals surface area (Å²) in [7, 11) is 1.34. The van der Waals surface area contributed by atoms with E-state index in [4.69, 9.17) is 10.6 Å². The van der Waals surface area contributed by atoms with E-state index in [2.05, 4.69) is 36.0 Å². The van der Waals surface area contributed by atoms with Gasteiger partial charge in [-0.2, -0.15) is 0 Å². The van der Waals surface area contributed by atoms with Gasteiger partial charge in [-0.3, -0.25) is 19.5 Å². The Labute approximate surface area is 266 Å². The third-order valence-corrected chi connectivity index (χ3v) is 9.49. The number of carbonyl (C=O) groups is 4. The van der Waals surface area contributed by atoms with Gasteiger partial charge in [0, 0.05) is 23.9 Å². The molecule has 5 N–H and O–H groups in total. The van der Waals surface area contributed by atoms with E-state index in [1.165, 1.54) is 28.9 Å². The lowest BCUT2D eigenvalue weighted by Gasteiger charge is -2.49. The summed E-state index contributed by atoms with van der Waals surface area (Å²) >= 11 is 3.47. The molecule has 2 amide bonds. The van der Waals surface area contributed by atoms with Crippen LogP contribution in [0.1, 0.15) is 11.3 Å². The predicted octanol–water partition coefficient (Wildman–Crippen LogP) is 0.319. The Morgan fingerprint density at radius 3 is 2.69 bits per heavy atom. The molecule has 1 fully saturated rings. The second kappa shape index (κ2) is 13.9. The normalized spacial score (nSPS) is 18.3. The van der Waals surface area contributed by atoms with Crippen LogP contribution < -0.4 is 11.1 Å². The fraction of sp³-hybridized carbons (Fsp3) is 0.280. The highest BCUT2D eigenvalue weighted by Gasteiger charge is 2.54. The second-order valence-corrected chi connectivity index (χ2v) is 12.2. The molecule has 0 spiro atoms. The zero-order valence-corrected chi connectivity index (χ0v) is 25.7. The van der Waals surface area contributed by atoms with Gasteiger partial charge in [-0.25, -0.2) is 19.3 Å². The molecular formula is C25H24N10O7S3. The molecule has 3 aromatic rings. The molecule has 2 aromatic heterocycles. The maximum absolute atomic E-state index is 13.3. The number of anilines is 1. The summed E-state index contributed by atoms with van der Waals surface area (Å²) in [5.41, 5.74) is 6.62. The molecule has 1 saturated heterocycles. The number of amides is 2. The number of oxime groups is 1. The minimum Gasteiger partial charge on any atom is -0.477 e. The first kappa shape index (κ1) is 31.6. The van der Waals surface area contributed by atoms with Crippen LogP contribution in [-0.2, 0) is 37.2 Å². The summed E-state index contributed by atoms with van der Waals surface area (Å²) in [6.45, 7) is -0.108. The minimum absolute atomic E-state index is 0.0820. The number of β-lactam (4-membered cyclic amide) rings is 1. The number of aliphatic carboxylic acids is 2. The van der Waals surface area contributed by atoms with Crippen molar-refractivity contribution in [1.29, 1.82) is 0 Å².